The van der Waals surface area contributed by atoms with E-state index >= 15 is 0 Å². The molecule has 0 amide bonds. The summed E-state index contributed by atoms with van der Waals surface area (Å²) in [7, 11) is 0. The van der Waals surface area contributed by atoms with Crippen LogP contribution in [0.15, 0.2) is 0 Å². The van der Waals surface area contributed by atoms with Gasteiger partial charge in [0.25, 0.3) is 0 Å². The summed E-state index contributed by atoms with van der Waals surface area (Å²) >= 11 is 0. The first-order chi connectivity index (χ1) is 36.1. The van der Waals surface area contributed by atoms with Crippen LogP contribution in [0, 0.1) is 228 Å². The fourth-order valence-electron chi connectivity index (χ4n) is 14.0. The molecule has 0 spiro atoms. The molecule has 0 aliphatic carbocycles. The summed E-state index contributed by atoms with van der Waals surface area (Å²) in [6.45, 7) is 77.8. The number of hydrogen-bond donors (Lipinski definition) is 0. The van der Waals surface area contributed by atoms with Crippen molar-refractivity contribution in [2.75, 3.05) is 14.7 Å². The van der Waals surface area contributed by atoms with Crippen molar-refractivity contribution < 1.29 is 0 Å². The standard InChI is InChI=1S/C75H99N3/c1-34-39(6)49(16)67(50(17)40(34)7)76(68-51(18)41(8)35(2)42(9)52(68)19)72-59(26)63(30)74(64(31)60(72)27)78(71-57(24)47(14)38(5)48(15)58(71)25)75-65(32)61(28)73(62(29)66(75)33)77(69-53(20)43(10)36(3)44(11)54(69)21)70-55(22)45(12)37(4)46(13)56(70)23/h1-33H3. The fraction of sp³-hybridized carbons (Fsp3) is 0.440. The lowest BCUT2D eigenvalue weighted by Gasteiger charge is -2.41. The van der Waals surface area contributed by atoms with Gasteiger partial charge in [-0.25, -0.2) is 0 Å². The summed E-state index contributed by atoms with van der Waals surface area (Å²) in [5, 5.41) is 0. The molecular formula is C75H99N3. The van der Waals surface area contributed by atoms with Crippen molar-refractivity contribution >= 4 is 51.2 Å². The highest BCUT2D eigenvalue weighted by Crippen LogP contribution is 2.57. The van der Waals surface area contributed by atoms with Crippen molar-refractivity contribution in [1.29, 1.82) is 0 Å². The van der Waals surface area contributed by atoms with E-state index in [2.05, 4.69) is 243 Å². The maximum Gasteiger partial charge on any atom is 0.0527 e. The van der Waals surface area contributed by atoms with Crippen molar-refractivity contribution in [2.24, 2.45) is 0 Å². The molecule has 0 fully saturated rings. The predicted octanol–water partition coefficient (Wildman–Crippen LogP) is 22.3. The van der Waals surface area contributed by atoms with Crippen molar-refractivity contribution in [1.82, 2.24) is 0 Å². The first-order valence-corrected chi connectivity index (χ1v) is 29.0. The van der Waals surface area contributed by atoms with Gasteiger partial charge < -0.3 is 14.7 Å². The highest BCUT2D eigenvalue weighted by Gasteiger charge is 2.36. The molecule has 7 aromatic rings. The average Bonchev–Trinajstić information content (AvgIpc) is 3.50. The van der Waals surface area contributed by atoms with Crippen LogP contribution in [0.2, 0.25) is 0 Å². The van der Waals surface area contributed by atoms with Gasteiger partial charge in [-0.05, 0) is 412 Å². The smallest absolute Gasteiger partial charge is 0.0527 e. The van der Waals surface area contributed by atoms with Crippen LogP contribution in [0.25, 0.3) is 0 Å². The Labute approximate surface area is 475 Å². The van der Waals surface area contributed by atoms with E-state index < -0.39 is 0 Å². The summed E-state index contributed by atoms with van der Waals surface area (Å²) < 4.78 is 0. The van der Waals surface area contributed by atoms with Gasteiger partial charge in [0.2, 0.25) is 0 Å². The number of anilines is 9. The maximum atomic E-state index is 2.75. The topological polar surface area (TPSA) is 9.72 Å². The van der Waals surface area contributed by atoms with Gasteiger partial charge in [-0.2, -0.15) is 0 Å². The van der Waals surface area contributed by atoms with E-state index in [1.165, 1.54) is 235 Å². The van der Waals surface area contributed by atoms with Gasteiger partial charge in [0.1, 0.15) is 0 Å². The molecule has 0 radical (unpaired) electrons. The first kappa shape index (κ1) is 59.6. The summed E-state index contributed by atoms with van der Waals surface area (Å²) in [6.07, 6.45) is 0. The van der Waals surface area contributed by atoms with E-state index in [-0.39, 0.29) is 0 Å². The van der Waals surface area contributed by atoms with Crippen LogP contribution >= 0.6 is 0 Å². The van der Waals surface area contributed by atoms with Crippen LogP contribution in [-0.2, 0) is 0 Å². The highest BCUT2D eigenvalue weighted by atomic mass is 15.2. The third-order valence-electron chi connectivity index (χ3n) is 21.9. The molecule has 0 saturated heterocycles. The average molecular weight is 1040 g/mol. The van der Waals surface area contributed by atoms with E-state index in [4.69, 9.17) is 0 Å². The molecular weight excluding hydrogens is 943 g/mol. The second-order valence-corrected chi connectivity index (χ2v) is 24.8. The molecule has 0 heterocycles. The third kappa shape index (κ3) is 8.48. The normalized spacial score (nSPS) is 11.7. The van der Waals surface area contributed by atoms with Crippen molar-refractivity contribution in [3.8, 4) is 0 Å². The Bertz CT molecular complexity index is 3200. The van der Waals surface area contributed by atoms with Crippen molar-refractivity contribution in [3.05, 3.63) is 184 Å². The first-order valence-electron chi connectivity index (χ1n) is 29.0. The van der Waals surface area contributed by atoms with Crippen LogP contribution in [0.1, 0.15) is 184 Å². The molecule has 0 aliphatic rings. The molecule has 0 N–H and O–H groups in total. The molecule has 78 heavy (non-hydrogen) atoms. The Kier molecular flexibility index (Phi) is 15.9. The van der Waals surface area contributed by atoms with Gasteiger partial charge in [0.15, 0.2) is 0 Å². The minimum Gasteiger partial charge on any atom is -0.309 e. The third-order valence-corrected chi connectivity index (χ3v) is 21.9. The number of hydrogen-bond acceptors (Lipinski definition) is 3. The van der Waals surface area contributed by atoms with E-state index in [1.54, 1.807) is 0 Å². The van der Waals surface area contributed by atoms with Crippen LogP contribution in [0.5, 0.6) is 0 Å². The number of nitrogens with zero attached hydrogens (tertiary/aromatic N) is 3. The Morgan fingerprint density at radius 1 is 0.0897 bits per heavy atom. The molecule has 0 aliphatic heterocycles. The van der Waals surface area contributed by atoms with Gasteiger partial charge in [-0.3, -0.25) is 0 Å². The summed E-state index contributed by atoms with van der Waals surface area (Å²) in [5.74, 6) is 0. The zero-order valence-electron chi connectivity index (χ0n) is 55.3. The van der Waals surface area contributed by atoms with E-state index in [9.17, 15) is 0 Å². The second-order valence-electron chi connectivity index (χ2n) is 24.8. The Morgan fingerprint density at radius 2 is 0.141 bits per heavy atom. The van der Waals surface area contributed by atoms with Gasteiger partial charge in [0.05, 0.1) is 51.2 Å². The van der Waals surface area contributed by atoms with E-state index in [0.717, 1.165) is 0 Å². The molecule has 0 aromatic heterocycles. The van der Waals surface area contributed by atoms with Gasteiger partial charge in [-0.15, -0.1) is 0 Å². The van der Waals surface area contributed by atoms with E-state index in [1.807, 2.05) is 0 Å². The summed E-state index contributed by atoms with van der Waals surface area (Å²) in [5.41, 5.74) is 56.0. The quantitative estimate of drug-likeness (QED) is 0.143. The summed E-state index contributed by atoms with van der Waals surface area (Å²) in [4.78, 5) is 8.19. The zero-order valence-corrected chi connectivity index (χ0v) is 55.3. The Morgan fingerprint density at radius 3 is 0.218 bits per heavy atom. The van der Waals surface area contributed by atoms with Crippen LogP contribution in [0.4, 0.5) is 51.2 Å². The Balaban J connectivity index is 1.71. The largest absolute Gasteiger partial charge is 0.309 e. The predicted molar refractivity (Wildman–Crippen MR) is 347 cm³/mol. The summed E-state index contributed by atoms with van der Waals surface area (Å²) in [6, 6.07) is 0. The molecule has 3 nitrogen and oxygen atoms in total. The van der Waals surface area contributed by atoms with Gasteiger partial charge in [-0.1, -0.05) is 0 Å². The Hall–Kier alpha value is -6.06. The van der Waals surface area contributed by atoms with E-state index in [0.29, 0.717) is 0 Å². The maximum absolute atomic E-state index is 2.75. The minimum absolute atomic E-state index is 1.28. The van der Waals surface area contributed by atoms with Gasteiger partial charge >= 0.3 is 0 Å². The number of benzene rings is 7. The second kappa shape index (κ2) is 20.9. The van der Waals surface area contributed by atoms with Crippen LogP contribution in [0.3, 0.4) is 0 Å². The lowest BCUT2D eigenvalue weighted by Crippen LogP contribution is -2.25. The molecule has 0 atom stereocenters. The molecule has 7 aromatic carbocycles. The molecule has 0 saturated carbocycles. The SMILES string of the molecule is Cc1c(C)c(C)c(N(c2c(C)c(C)c(C)c(C)c2C)c2c(C)c(C)c(N(c3c(C)c(C)c(C)c(C)c3C)c3c(C)c(C)c(N(c4c(C)c(C)c(C)c(C)c4C)c4c(C)c(C)c(C)c(C)c4C)c(C)c3C)c(C)c2C)c(C)c1C. The molecule has 0 unspecified atom stereocenters. The minimum atomic E-state index is 1.28. The number of rotatable bonds is 9. The fourth-order valence-corrected chi connectivity index (χ4v) is 14.0. The van der Waals surface area contributed by atoms with Crippen molar-refractivity contribution in [2.45, 2.75) is 228 Å². The molecule has 414 valence electrons. The lowest BCUT2D eigenvalue weighted by atomic mass is 9.85. The lowest BCUT2D eigenvalue weighted by molar-refractivity contribution is 1.05. The molecule has 7 rings (SSSR count). The zero-order chi connectivity index (χ0) is 59.0. The van der Waals surface area contributed by atoms with Crippen LogP contribution in [-0.4, -0.2) is 0 Å². The van der Waals surface area contributed by atoms with Crippen molar-refractivity contribution in [3.63, 3.8) is 0 Å². The molecule has 0 bridgehead atoms. The van der Waals surface area contributed by atoms with Gasteiger partial charge in [0, 0.05) is 0 Å². The van der Waals surface area contributed by atoms with Crippen LogP contribution < -0.4 is 14.7 Å². The monoisotopic (exact) mass is 1040 g/mol. The highest BCUT2D eigenvalue weighted by molar-refractivity contribution is 5.97. The molecule has 3 heteroatoms.